The van der Waals surface area contributed by atoms with Crippen LogP contribution in [0.5, 0.6) is 5.75 Å². The van der Waals surface area contributed by atoms with E-state index in [2.05, 4.69) is 12.2 Å². The van der Waals surface area contributed by atoms with Crippen molar-refractivity contribution in [3.63, 3.8) is 0 Å². The number of carbonyl (C=O) groups is 2. The molecule has 0 aromatic heterocycles. The number of para-hydroxylation sites is 1. The summed E-state index contributed by atoms with van der Waals surface area (Å²) in [6.45, 7) is 5.46. The fourth-order valence-corrected chi connectivity index (χ4v) is 3.41. The lowest BCUT2D eigenvalue weighted by atomic mass is 10.1. The normalized spacial score (nSPS) is 11.6. The van der Waals surface area contributed by atoms with Crippen LogP contribution in [0.1, 0.15) is 51.5 Å². The Bertz CT molecular complexity index is 796. The molecule has 0 spiro atoms. The standard InChI is InChI=1S/C25H33ClN2O3/c1-3-5-17-27-25(30)23(4-2)28(19-20-13-15-21(26)16-14-20)24(29)12-9-18-31-22-10-7-6-8-11-22/h6-8,10-11,13-16,23H,3-5,9,12,17-19H2,1-2H3,(H,27,30)/t23-/m1/s1. The van der Waals surface area contributed by atoms with E-state index in [-0.39, 0.29) is 11.8 Å². The van der Waals surface area contributed by atoms with Gasteiger partial charge in [0.05, 0.1) is 6.61 Å². The molecule has 0 aliphatic rings. The predicted octanol–water partition coefficient (Wildman–Crippen LogP) is 5.22. The lowest BCUT2D eigenvalue weighted by molar-refractivity contribution is -0.141. The monoisotopic (exact) mass is 444 g/mol. The topological polar surface area (TPSA) is 58.6 Å². The van der Waals surface area contributed by atoms with E-state index in [1.807, 2.05) is 49.4 Å². The average molecular weight is 445 g/mol. The van der Waals surface area contributed by atoms with Crippen LogP contribution >= 0.6 is 11.6 Å². The molecule has 0 bridgehead atoms. The molecule has 5 nitrogen and oxygen atoms in total. The highest BCUT2D eigenvalue weighted by Crippen LogP contribution is 2.17. The van der Waals surface area contributed by atoms with Gasteiger partial charge in [0.25, 0.3) is 0 Å². The Morgan fingerprint density at radius 1 is 1.03 bits per heavy atom. The van der Waals surface area contributed by atoms with Crippen LogP contribution in [0.2, 0.25) is 5.02 Å². The SMILES string of the molecule is CCCCNC(=O)[C@@H](CC)N(Cc1ccc(Cl)cc1)C(=O)CCCOc1ccccc1. The number of carbonyl (C=O) groups excluding carboxylic acids is 2. The Morgan fingerprint density at radius 2 is 1.74 bits per heavy atom. The highest BCUT2D eigenvalue weighted by atomic mass is 35.5. The first-order chi connectivity index (χ1) is 15.0. The van der Waals surface area contributed by atoms with Gasteiger partial charge in [-0.3, -0.25) is 9.59 Å². The van der Waals surface area contributed by atoms with E-state index in [1.54, 1.807) is 17.0 Å². The highest BCUT2D eigenvalue weighted by molar-refractivity contribution is 6.30. The molecule has 0 radical (unpaired) electrons. The van der Waals surface area contributed by atoms with Gasteiger partial charge in [-0.05, 0) is 49.1 Å². The number of hydrogen-bond acceptors (Lipinski definition) is 3. The molecule has 0 heterocycles. The lowest BCUT2D eigenvalue weighted by Crippen LogP contribution is -2.49. The minimum Gasteiger partial charge on any atom is -0.494 e. The molecule has 0 saturated heterocycles. The second-order valence-corrected chi connectivity index (χ2v) is 7.92. The van der Waals surface area contributed by atoms with Gasteiger partial charge in [0.1, 0.15) is 11.8 Å². The Labute approximate surface area is 190 Å². The van der Waals surface area contributed by atoms with Crippen LogP contribution in [0.3, 0.4) is 0 Å². The van der Waals surface area contributed by atoms with Crippen LogP contribution in [0.4, 0.5) is 0 Å². The van der Waals surface area contributed by atoms with Crippen molar-refractivity contribution in [2.24, 2.45) is 0 Å². The third-order valence-electron chi connectivity index (χ3n) is 5.03. The summed E-state index contributed by atoms with van der Waals surface area (Å²) in [4.78, 5) is 27.6. The first kappa shape index (κ1) is 24.7. The fraction of sp³-hybridized carbons (Fsp3) is 0.440. The van der Waals surface area contributed by atoms with Gasteiger partial charge < -0.3 is 15.0 Å². The van der Waals surface area contributed by atoms with Crippen molar-refractivity contribution >= 4 is 23.4 Å². The Balaban J connectivity index is 2.02. The molecule has 0 aliphatic carbocycles. The first-order valence-electron chi connectivity index (χ1n) is 11.0. The Morgan fingerprint density at radius 3 is 2.39 bits per heavy atom. The number of hydrogen-bond donors (Lipinski definition) is 1. The number of halogens is 1. The number of amides is 2. The molecule has 0 aliphatic heterocycles. The minimum absolute atomic E-state index is 0.0518. The van der Waals surface area contributed by atoms with Crippen molar-refractivity contribution < 1.29 is 14.3 Å². The smallest absolute Gasteiger partial charge is 0.242 e. The van der Waals surface area contributed by atoms with E-state index in [4.69, 9.17) is 16.3 Å². The van der Waals surface area contributed by atoms with E-state index < -0.39 is 6.04 Å². The molecule has 1 N–H and O–H groups in total. The van der Waals surface area contributed by atoms with E-state index in [0.717, 1.165) is 24.2 Å². The third kappa shape index (κ3) is 8.62. The van der Waals surface area contributed by atoms with Crippen molar-refractivity contribution in [2.45, 2.75) is 58.5 Å². The summed E-state index contributed by atoms with van der Waals surface area (Å²) in [5, 5.41) is 3.62. The summed E-state index contributed by atoms with van der Waals surface area (Å²) < 4.78 is 5.70. The van der Waals surface area contributed by atoms with E-state index in [0.29, 0.717) is 44.0 Å². The zero-order valence-corrected chi connectivity index (χ0v) is 19.2. The summed E-state index contributed by atoms with van der Waals surface area (Å²) in [7, 11) is 0. The second-order valence-electron chi connectivity index (χ2n) is 7.48. The molecule has 0 saturated carbocycles. The molecule has 1 atom stereocenters. The maximum Gasteiger partial charge on any atom is 0.242 e. The fourth-order valence-electron chi connectivity index (χ4n) is 3.29. The van der Waals surface area contributed by atoms with Crippen molar-refractivity contribution in [2.75, 3.05) is 13.2 Å². The molecule has 2 rings (SSSR count). The average Bonchev–Trinajstić information content (AvgIpc) is 2.78. The molecule has 0 unspecified atom stereocenters. The van der Waals surface area contributed by atoms with Crippen molar-refractivity contribution in [3.05, 3.63) is 65.2 Å². The van der Waals surface area contributed by atoms with Gasteiger partial charge in [-0.25, -0.2) is 0 Å². The van der Waals surface area contributed by atoms with E-state index in [1.165, 1.54) is 0 Å². The summed E-state index contributed by atoms with van der Waals surface area (Å²) in [6.07, 6.45) is 3.38. The van der Waals surface area contributed by atoms with E-state index in [9.17, 15) is 9.59 Å². The lowest BCUT2D eigenvalue weighted by Gasteiger charge is -2.30. The molecule has 2 aromatic rings. The zero-order valence-electron chi connectivity index (χ0n) is 18.5. The number of rotatable bonds is 13. The summed E-state index contributed by atoms with van der Waals surface area (Å²) in [5.74, 6) is 0.637. The maximum atomic E-state index is 13.1. The summed E-state index contributed by atoms with van der Waals surface area (Å²) >= 11 is 6.00. The molecule has 31 heavy (non-hydrogen) atoms. The summed E-state index contributed by atoms with van der Waals surface area (Å²) in [5.41, 5.74) is 0.943. The number of benzene rings is 2. The van der Waals surface area contributed by atoms with Crippen LogP contribution in [-0.2, 0) is 16.1 Å². The van der Waals surface area contributed by atoms with Gasteiger partial charge in [0.2, 0.25) is 11.8 Å². The number of unbranched alkanes of at least 4 members (excludes halogenated alkanes) is 1. The number of nitrogens with zero attached hydrogens (tertiary/aromatic N) is 1. The van der Waals surface area contributed by atoms with Gasteiger partial charge in [0.15, 0.2) is 0 Å². The molecule has 2 amide bonds. The van der Waals surface area contributed by atoms with Gasteiger partial charge in [-0.1, -0.05) is 62.2 Å². The molecule has 168 valence electrons. The van der Waals surface area contributed by atoms with Crippen LogP contribution in [0.15, 0.2) is 54.6 Å². The third-order valence-corrected chi connectivity index (χ3v) is 5.28. The van der Waals surface area contributed by atoms with Crippen molar-refractivity contribution in [1.82, 2.24) is 10.2 Å². The van der Waals surface area contributed by atoms with Gasteiger partial charge in [0, 0.05) is 24.5 Å². The molecule has 6 heteroatoms. The number of ether oxygens (including phenoxy) is 1. The quantitative estimate of drug-likeness (QED) is 0.431. The second kappa shape index (κ2) is 13.7. The summed E-state index contributed by atoms with van der Waals surface area (Å²) in [6, 6.07) is 16.4. The van der Waals surface area contributed by atoms with Gasteiger partial charge >= 0.3 is 0 Å². The molecular formula is C25H33ClN2O3. The van der Waals surface area contributed by atoms with Gasteiger partial charge in [-0.15, -0.1) is 0 Å². The zero-order chi connectivity index (χ0) is 22.5. The largest absolute Gasteiger partial charge is 0.494 e. The minimum atomic E-state index is -0.505. The Hall–Kier alpha value is -2.53. The molecule has 0 fully saturated rings. The first-order valence-corrected chi connectivity index (χ1v) is 11.4. The van der Waals surface area contributed by atoms with Crippen LogP contribution in [0, 0.1) is 0 Å². The van der Waals surface area contributed by atoms with Crippen molar-refractivity contribution in [3.8, 4) is 5.75 Å². The highest BCUT2D eigenvalue weighted by Gasteiger charge is 2.28. The van der Waals surface area contributed by atoms with Gasteiger partial charge in [-0.2, -0.15) is 0 Å². The van der Waals surface area contributed by atoms with Crippen LogP contribution in [-0.4, -0.2) is 35.9 Å². The van der Waals surface area contributed by atoms with E-state index >= 15 is 0 Å². The Kier molecular flexibility index (Phi) is 10.9. The van der Waals surface area contributed by atoms with Crippen LogP contribution < -0.4 is 10.1 Å². The molecule has 2 aromatic carbocycles. The molecular weight excluding hydrogens is 412 g/mol. The van der Waals surface area contributed by atoms with Crippen LogP contribution in [0.25, 0.3) is 0 Å². The predicted molar refractivity (Wildman–Crippen MR) is 125 cm³/mol. The number of nitrogens with one attached hydrogen (secondary N) is 1. The van der Waals surface area contributed by atoms with Crippen molar-refractivity contribution in [1.29, 1.82) is 0 Å². The maximum absolute atomic E-state index is 13.1.